The van der Waals surface area contributed by atoms with Gasteiger partial charge in [-0.15, -0.1) is 0 Å². The third-order valence-corrected chi connectivity index (χ3v) is 3.06. The number of H-pyrrole nitrogens is 1. The van der Waals surface area contributed by atoms with Crippen LogP contribution in [0.5, 0.6) is 0 Å². The van der Waals surface area contributed by atoms with E-state index in [0.717, 1.165) is 24.2 Å². The van der Waals surface area contributed by atoms with Gasteiger partial charge in [-0.25, -0.2) is 4.98 Å². The average Bonchev–Trinajstić information content (AvgIpc) is 2.80. The van der Waals surface area contributed by atoms with Gasteiger partial charge in [-0.05, 0) is 38.3 Å². The number of pyridine rings is 1. The summed E-state index contributed by atoms with van der Waals surface area (Å²) in [4.78, 5) is 14.7. The maximum atomic E-state index is 10.9. The highest BCUT2D eigenvalue weighted by Crippen LogP contribution is 2.21. The molecule has 0 saturated carbocycles. The van der Waals surface area contributed by atoms with Crippen molar-refractivity contribution in [1.29, 1.82) is 0 Å². The highest BCUT2D eigenvalue weighted by molar-refractivity contribution is 5.55. The van der Waals surface area contributed by atoms with E-state index >= 15 is 0 Å². The van der Waals surface area contributed by atoms with Crippen molar-refractivity contribution >= 4 is 11.5 Å². The fourth-order valence-corrected chi connectivity index (χ4v) is 1.94. The Kier molecular flexibility index (Phi) is 4.29. The number of aryl methyl sites for hydroxylation is 3. The van der Waals surface area contributed by atoms with Crippen LogP contribution in [0.2, 0.25) is 0 Å². The Labute approximate surface area is 116 Å². The van der Waals surface area contributed by atoms with Gasteiger partial charge in [0.15, 0.2) is 0 Å². The van der Waals surface area contributed by atoms with Crippen LogP contribution in [-0.4, -0.2) is 26.6 Å². The standard InChI is InChI=1S/C13H17N5O2/c1-9-5-6-12(18(19)20)13(16-9)14-7-3-4-11-8-15-17-10(11)2/h5-6,8H,3-4,7H2,1-2H3,(H,14,16)(H,15,17). The Morgan fingerprint density at radius 1 is 1.40 bits per heavy atom. The smallest absolute Gasteiger partial charge is 0.311 e. The topological polar surface area (TPSA) is 96.7 Å². The number of aromatic amines is 1. The molecule has 0 bridgehead atoms. The van der Waals surface area contributed by atoms with E-state index in [-0.39, 0.29) is 5.69 Å². The second-order valence-electron chi connectivity index (χ2n) is 4.63. The van der Waals surface area contributed by atoms with E-state index in [4.69, 9.17) is 0 Å². The molecule has 0 aliphatic rings. The fraction of sp³-hybridized carbons (Fsp3) is 0.385. The maximum Gasteiger partial charge on any atom is 0.311 e. The van der Waals surface area contributed by atoms with E-state index in [1.54, 1.807) is 6.07 Å². The van der Waals surface area contributed by atoms with Gasteiger partial charge in [-0.2, -0.15) is 5.10 Å². The number of hydrogen-bond acceptors (Lipinski definition) is 5. The molecule has 0 aliphatic carbocycles. The van der Waals surface area contributed by atoms with Crippen LogP contribution in [0.4, 0.5) is 11.5 Å². The summed E-state index contributed by atoms with van der Waals surface area (Å²) in [6, 6.07) is 3.11. The van der Waals surface area contributed by atoms with Gasteiger partial charge in [0, 0.05) is 24.0 Å². The fourth-order valence-electron chi connectivity index (χ4n) is 1.94. The lowest BCUT2D eigenvalue weighted by molar-refractivity contribution is -0.384. The summed E-state index contributed by atoms with van der Waals surface area (Å²) >= 11 is 0. The van der Waals surface area contributed by atoms with Crippen LogP contribution in [0, 0.1) is 24.0 Å². The van der Waals surface area contributed by atoms with Crippen molar-refractivity contribution in [3.63, 3.8) is 0 Å². The number of rotatable bonds is 6. The Bertz CT molecular complexity index is 609. The minimum absolute atomic E-state index is 0.00934. The van der Waals surface area contributed by atoms with Crippen molar-refractivity contribution in [2.75, 3.05) is 11.9 Å². The monoisotopic (exact) mass is 275 g/mol. The molecule has 0 atom stereocenters. The lowest BCUT2D eigenvalue weighted by Gasteiger charge is -2.06. The summed E-state index contributed by atoms with van der Waals surface area (Å²) in [5.41, 5.74) is 2.99. The van der Waals surface area contributed by atoms with E-state index in [0.29, 0.717) is 12.4 Å². The Morgan fingerprint density at radius 3 is 2.85 bits per heavy atom. The second-order valence-corrected chi connectivity index (χ2v) is 4.63. The van der Waals surface area contributed by atoms with Crippen LogP contribution in [-0.2, 0) is 6.42 Å². The quantitative estimate of drug-likeness (QED) is 0.479. The van der Waals surface area contributed by atoms with Crippen molar-refractivity contribution in [1.82, 2.24) is 15.2 Å². The summed E-state index contributed by atoms with van der Waals surface area (Å²) in [7, 11) is 0. The minimum Gasteiger partial charge on any atom is -0.364 e. The molecular weight excluding hydrogens is 258 g/mol. The van der Waals surface area contributed by atoms with Crippen LogP contribution < -0.4 is 5.32 Å². The molecule has 2 heterocycles. The molecule has 2 N–H and O–H groups in total. The highest BCUT2D eigenvalue weighted by Gasteiger charge is 2.14. The molecule has 0 radical (unpaired) electrons. The van der Waals surface area contributed by atoms with E-state index in [1.165, 1.54) is 11.6 Å². The first kappa shape index (κ1) is 14.0. The molecule has 2 aromatic rings. The van der Waals surface area contributed by atoms with Crippen molar-refractivity contribution in [2.24, 2.45) is 0 Å². The van der Waals surface area contributed by atoms with Gasteiger partial charge in [0.1, 0.15) is 0 Å². The molecule has 2 aromatic heterocycles. The van der Waals surface area contributed by atoms with Crippen molar-refractivity contribution < 1.29 is 4.92 Å². The molecule has 0 unspecified atom stereocenters. The zero-order valence-electron chi connectivity index (χ0n) is 11.5. The summed E-state index contributed by atoms with van der Waals surface area (Å²) < 4.78 is 0. The molecule has 0 amide bonds. The van der Waals surface area contributed by atoms with E-state index < -0.39 is 4.92 Å². The summed E-state index contributed by atoms with van der Waals surface area (Å²) in [6.07, 6.45) is 3.53. The third kappa shape index (κ3) is 3.31. The van der Waals surface area contributed by atoms with E-state index in [1.807, 2.05) is 20.0 Å². The molecule has 0 spiro atoms. The van der Waals surface area contributed by atoms with E-state index in [9.17, 15) is 10.1 Å². The van der Waals surface area contributed by atoms with Gasteiger partial charge in [0.05, 0.1) is 11.1 Å². The second kappa shape index (κ2) is 6.14. The third-order valence-electron chi connectivity index (χ3n) is 3.06. The van der Waals surface area contributed by atoms with Gasteiger partial charge in [0.25, 0.3) is 0 Å². The minimum atomic E-state index is -0.422. The molecule has 7 nitrogen and oxygen atoms in total. The zero-order valence-corrected chi connectivity index (χ0v) is 11.5. The summed E-state index contributed by atoms with van der Waals surface area (Å²) in [6.45, 7) is 4.41. The molecule has 0 aliphatic heterocycles. The molecule has 0 aromatic carbocycles. The first-order valence-corrected chi connectivity index (χ1v) is 6.42. The number of aromatic nitrogens is 3. The van der Waals surface area contributed by atoms with Crippen LogP contribution in [0.25, 0.3) is 0 Å². The number of hydrogen-bond donors (Lipinski definition) is 2. The average molecular weight is 275 g/mol. The molecular formula is C13H17N5O2. The number of anilines is 1. The largest absolute Gasteiger partial charge is 0.364 e. The highest BCUT2D eigenvalue weighted by atomic mass is 16.6. The molecule has 0 saturated heterocycles. The van der Waals surface area contributed by atoms with Crippen molar-refractivity contribution in [3.05, 3.63) is 45.4 Å². The number of nitrogens with one attached hydrogen (secondary N) is 2. The predicted molar refractivity (Wildman–Crippen MR) is 75.8 cm³/mol. The van der Waals surface area contributed by atoms with Gasteiger partial charge >= 0.3 is 5.69 Å². The van der Waals surface area contributed by atoms with Crippen LogP contribution >= 0.6 is 0 Å². The lowest BCUT2D eigenvalue weighted by atomic mass is 10.1. The SMILES string of the molecule is Cc1ccc([N+](=O)[O-])c(NCCCc2cn[nH]c2C)n1. The van der Waals surface area contributed by atoms with Crippen molar-refractivity contribution in [2.45, 2.75) is 26.7 Å². The van der Waals surface area contributed by atoms with Crippen LogP contribution in [0.1, 0.15) is 23.4 Å². The van der Waals surface area contributed by atoms with Gasteiger partial charge in [-0.3, -0.25) is 15.2 Å². The van der Waals surface area contributed by atoms with Gasteiger partial charge < -0.3 is 5.32 Å². The maximum absolute atomic E-state index is 10.9. The van der Waals surface area contributed by atoms with Gasteiger partial charge in [0.2, 0.25) is 5.82 Å². The Balaban J connectivity index is 1.92. The zero-order chi connectivity index (χ0) is 14.5. The number of nitrogens with zero attached hydrogens (tertiary/aromatic N) is 3. The molecule has 20 heavy (non-hydrogen) atoms. The summed E-state index contributed by atoms with van der Waals surface area (Å²) in [5.74, 6) is 0.332. The van der Waals surface area contributed by atoms with Gasteiger partial charge in [-0.1, -0.05) is 0 Å². The van der Waals surface area contributed by atoms with Crippen LogP contribution in [0.3, 0.4) is 0 Å². The predicted octanol–water partition coefficient (Wildman–Crippen LogP) is 2.37. The normalized spacial score (nSPS) is 10.5. The first-order valence-electron chi connectivity index (χ1n) is 6.42. The summed E-state index contributed by atoms with van der Waals surface area (Å²) in [5, 5.41) is 20.8. The van der Waals surface area contributed by atoms with E-state index in [2.05, 4.69) is 20.5 Å². The van der Waals surface area contributed by atoms with Crippen molar-refractivity contribution in [3.8, 4) is 0 Å². The van der Waals surface area contributed by atoms with Crippen LogP contribution in [0.15, 0.2) is 18.3 Å². The molecule has 2 rings (SSSR count). The lowest BCUT2D eigenvalue weighted by Crippen LogP contribution is -2.07. The molecule has 106 valence electrons. The molecule has 7 heteroatoms. The Morgan fingerprint density at radius 2 is 2.20 bits per heavy atom. The number of nitro groups is 1. The Hall–Kier alpha value is -2.44. The molecule has 0 fully saturated rings. The first-order chi connectivity index (χ1) is 9.58.